The number of hydrogen-bond donors (Lipinski definition) is 1. The summed E-state index contributed by atoms with van der Waals surface area (Å²) in [5.74, 6) is 0. The second-order valence-corrected chi connectivity index (χ2v) is 6.27. The van der Waals surface area contributed by atoms with Crippen molar-refractivity contribution in [3.8, 4) is 0 Å². The average molecular weight is 296 g/mol. The topological polar surface area (TPSA) is 80.1 Å². The summed E-state index contributed by atoms with van der Waals surface area (Å²) in [4.78, 5) is 0. The molecular formula is C9H18ClN5O2S. The Labute approximate surface area is 113 Å². The van der Waals surface area contributed by atoms with Crippen LogP contribution in [0.1, 0.15) is 13.8 Å². The summed E-state index contributed by atoms with van der Waals surface area (Å²) in [6.45, 7) is 4.98. The lowest BCUT2D eigenvalue weighted by atomic mass is 10.2. The molecule has 0 spiro atoms. The van der Waals surface area contributed by atoms with Gasteiger partial charge in [0.05, 0.1) is 6.20 Å². The molecule has 0 radical (unpaired) electrons. The molecule has 2 rings (SSSR count). The van der Waals surface area contributed by atoms with E-state index in [2.05, 4.69) is 15.6 Å². The second kappa shape index (κ2) is 5.52. The number of piperazine rings is 1. The van der Waals surface area contributed by atoms with Crippen LogP contribution in [0.25, 0.3) is 0 Å². The van der Waals surface area contributed by atoms with E-state index in [4.69, 9.17) is 0 Å². The highest BCUT2D eigenvalue weighted by Gasteiger charge is 2.35. The summed E-state index contributed by atoms with van der Waals surface area (Å²) in [5, 5.41) is 10.7. The van der Waals surface area contributed by atoms with E-state index in [1.807, 2.05) is 13.8 Å². The first kappa shape index (κ1) is 15.4. The molecule has 1 saturated heterocycles. The van der Waals surface area contributed by atoms with Crippen LogP contribution in [0, 0.1) is 0 Å². The van der Waals surface area contributed by atoms with Crippen molar-refractivity contribution < 1.29 is 8.42 Å². The lowest BCUT2D eigenvalue weighted by molar-refractivity contribution is 0.243. The van der Waals surface area contributed by atoms with E-state index < -0.39 is 10.0 Å². The Morgan fingerprint density at radius 1 is 1.44 bits per heavy atom. The Morgan fingerprint density at radius 3 is 2.67 bits per heavy atom. The summed E-state index contributed by atoms with van der Waals surface area (Å²) in [6, 6.07) is 0.0910. The maximum Gasteiger partial charge on any atom is 0.262 e. The fraction of sp³-hybridized carbons (Fsp3) is 0.778. The maximum absolute atomic E-state index is 12.4. The fourth-order valence-corrected chi connectivity index (χ4v) is 3.72. The van der Waals surface area contributed by atoms with E-state index in [0.29, 0.717) is 13.1 Å². The van der Waals surface area contributed by atoms with Crippen LogP contribution in [-0.4, -0.2) is 52.9 Å². The van der Waals surface area contributed by atoms with Crippen molar-refractivity contribution in [2.75, 3.05) is 13.1 Å². The largest absolute Gasteiger partial charge is 0.311 e. The minimum absolute atomic E-state index is 0. The van der Waals surface area contributed by atoms with Gasteiger partial charge < -0.3 is 5.32 Å². The number of halogens is 1. The van der Waals surface area contributed by atoms with Gasteiger partial charge in [0.2, 0.25) is 0 Å². The number of rotatable bonds is 2. The Kier molecular flexibility index (Phi) is 4.71. The van der Waals surface area contributed by atoms with E-state index >= 15 is 0 Å². The van der Waals surface area contributed by atoms with Gasteiger partial charge in [0.15, 0.2) is 5.03 Å². The van der Waals surface area contributed by atoms with Gasteiger partial charge >= 0.3 is 0 Å². The smallest absolute Gasteiger partial charge is 0.262 e. The van der Waals surface area contributed by atoms with Crippen LogP contribution in [-0.2, 0) is 17.1 Å². The Balaban J connectivity index is 0.00000162. The molecule has 2 unspecified atom stereocenters. The molecule has 1 N–H and O–H groups in total. The van der Waals surface area contributed by atoms with E-state index in [9.17, 15) is 8.42 Å². The molecule has 0 bridgehead atoms. The molecular weight excluding hydrogens is 278 g/mol. The summed E-state index contributed by atoms with van der Waals surface area (Å²) < 4.78 is 27.6. The Hall–Kier alpha value is -0.700. The van der Waals surface area contributed by atoms with Crippen LogP contribution in [0.15, 0.2) is 11.2 Å². The van der Waals surface area contributed by atoms with Gasteiger partial charge in [0, 0.05) is 32.2 Å². The molecule has 0 aliphatic carbocycles. The second-order valence-electron chi connectivity index (χ2n) is 4.43. The van der Waals surface area contributed by atoms with E-state index in [1.54, 1.807) is 7.05 Å². The minimum Gasteiger partial charge on any atom is -0.311 e. The molecule has 9 heteroatoms. The summed E-state index contributed by atoms with van der Waals surface area (Å²) in [6.07, 6.45) is 1.29. The average Bonchev–Trinajstić information content (AvgIpc) is 2.68. The van der Waals surface area contributed by atoms with Crippen molar-refractivity contribution in [3.05, 3.63) is 6.20 Å². The van der Waals surface area contributed by atoms with Crippen LogP contribution in [0.3, 0.4) is 0 Å². The van der Waals surface area contributed by atoms with Crippen molar-refractivity contribution in [1.82, 2.24) is 24.6 Å². The number of nitrogens with zero attached hydrogens (tertiary/aromatic N) is 4. The molecule has 1 aliphatic heterocycles. The van der Waals surface area contributed by atoms with Gasteiger partial charge in [-0.15, -0.1) is 17.5 Å². The van der Waals surface area contributed by atoms with E-state index in [1.165, 1.54) is 15.2 Å². The minimum atomic E-state index is -3.50. The van der Waals surface area contributed by atoms with Crippen molar-refractivity contribution in [1.29, 1.82) is 0 Å². The lowest BCUT2D eigenvalue weighted by Gasteiger charge is -2.36. The SMILES string of the molecule is CC1CN(S(=O)(=O)c2cnnn2C)C(C)CN1.Cl. The van der Waals surface area contributed by atoms with E-state index in [-0.39, 0.29) is 29.5 Å². The zero-order chi connectivity index (χ0) is 12.6. The van der Waals surface area contributed by atoms with Crippen molar-refractivity contribution in [3.63, 3.8) is 0 Å². The Bertz CT molecular complexity index is 503. The van der Waals surface area contributed by atoms with Crippen LogP contribution in [0.5, 0.6) is 0 Å². The van der Waals surface area contributed by atoms with Crippen LogP contribution >= 0.6 is 12.4 Å². The van der Waals surface area contributed by atoms with Gasteiger partial charge in [-0.25, -0.2) is 13.1 Å². The molecule has 104 valence electrons. The van der Waals surface area contributed by atoms with Crippen molar-refractivity contribution >= 4 is 22.4 Å². The Morgan fingerprint density at radius 2 is 2.11 bits per heavy atom. The quantitative estimate of drug-likeness (QED) is 0.804. The first-order valence-electron chi connectivity index (χ1n) is 5.53. The molecule has 18 heavy (non-hydrogen) atoms. The highest BCUT2D eigenvalue weighted by molar-refractivity contribution is 7.89. The third-order valence-corrected chi connectivity index (χ3v) is 4.98. The molecule has 0 saturated carbocycles. The first-order valence-corrected chi connectivity index (χ1v) is 6.97. The summed E-state index contributed by atoms with van der Waals surface area (Å²) in [7, 11) is -1.92. The maximum atomic E-state index is 12.4. The third kappa shape index (κ3) is 2.66. The first-order chi connectivity index (χ1) is 7.93. The number of hydrogen-bond acceptors (Lipinski definition) is 5. The third-order valence-electron chi connectivity index (χ3n) is 2.95. The molecule has 2 heterocycles. The standard InChI is InChI=1S/C9H17N5O2S.ClH/c1-7-6-14(8(2)4-10-7)17(15,16)9-5-11-12-13(9)3;/h5,7-8,10H,4,6H2,1-3H3;1H. The monoisotopic (exact) mass is 295 g/mol. The fourth-order valence-electron chi connectivity index (χ4n) is 1.96. The lowest BCUT2D eigenvalue weighted by Crippen LogP contribution is -2.56. The number of aromatic nitrogens is 3. The van der Waals surface area contributed by atoms with Gasteiger partial charge in [-0.2, -0.15) is 4.31 Å². The van der Waals surface area contributed by atoms with Crippen LogP contribution < -0.4 is 5.32 Å². The van der Waals surface area contributed by atoms with Gasteiger partial charge in [0.1, 0.15) is 0 Å². The molecule has 1 aliphatic rings. The number of aryl methyl sites for hydroxylation is 1. The summed E-state index contributed by atoms with van der Waals surface area (Å²) >= 11 is 0. The summed E-state index contributed by atoms with van der Waals surface area (Å²) in [5.41, 5.74) is 0. The predicted molar refractivity (Wildman–Crippen MR) is 69.1 cm³/mol. The predicted octanol–water partition coefficient (Wildman–Crippen LogP) is -0.392. The van der Waals surface area contributed by atoms with Gasteiger partial charge in [-0.1, -0.05) is 5.21 Å². The molecule has 1 aromatic rings. The normalized spacial score (nSPS) is 25.7. The zero-order valence-corrected chi connectivity index (χ0v) is 12.2. The molecule has 7 nitrogen and oxygen atoms in total. The highest BCUT2D eigenvalue weighted by atomic mass is 35.5. The van der Waals surface area contributed by atoms with Crippen molar-refractivity contribution in [2.24, 2.45) is 7.05 Å². The van der Waals surface area contributed by atoms with Gasteiger partial charge in [-0.3, -0.25) is 0 Å². The van der Waals surface area contributed by atoms with E-state index in [0.717, 1.165) is 0 Å². The van der Waals surface area contributed by atoms with Gasteiger partial charge in [0.25, 0.3) is 10.0 Å². The highest BCUT2D eigenvalue weighted by Crippen LogP contribution is 2.19. The van der Waals surface area contributed by atoms with Crippen LogP contribution in [0.4, 0.5) is 0 Å². The molecule has 0 aromatic carbocycles. The molecule has 0 amide bonds. The number of sulfonamides is 1. The molecule has 2 atom stereocenters. The van der Waals surface area contributed by atoms with Crippen molar-refractivity contribution in [2.45, 2.75) is 31.0 Å². The molecule has 1 aromatic heterocycles. The molecule has 1 fully saturated rings. The number of nitrogens with one attached hydrogen (secondary N) is 1. The zero-order valence-electron chi connectivity index (χ0n) is 10.6. The van der Waals surface area contributed by atoms with Crippen LogP contribution in [0.2, 0.25) is 0 Å². The van der Waals surface area contributed by atoms with Gasteiger partial charge in [-0.05, 0) is 13.8 Å².